The number of aromatic nitrogens is 2. The summed E-state index contributed by atoms with van der Waals surface area (Å²) in [5.41, 5.74) is 0.322. The van der Waals surface area contributed by atoms with Crippen LogP contribution < -0.4 is 5.32 Å². The molecule has 3 rings (SSSR count). The number of nitrogens with one attached hydrogen (secondary N) is 1. The Morgan fingerprint density at radius 2 is 1.70 bits per heavy atom. The lowest BCUT2D eigenvalue weighted by Crippen LogP contribution is -2.35. The van der Waals surface area contributed by atoms with Crippen LogP contribution in [0.25, 0.3) is 0 Å². The van der Waals surface area contributed by atoms with E-state index in [-0.39, 0.29) is 11.8 Å². The molecule has 0 spiro atoms. The molecule has 1 aliphatic carbocycles. The standard InChI is InChI=1S/C14H19N3O3.C6H4F2.C2H2/c1-14(2,3)20-13(19)17-9-5-4-6-10(18)12-11(9)15-7-8-16-12;7-5-3-1-2-4-6(5)8;1-2/h7-9H,4-6H2,1-3H3,(H,17,19);1-4H;1-2H/t9-;;/m0../s1. The summed E-state index contributed by atoms with van der Waals surface area (Å²) >= 11 is 0. The van der Waals surface area contributed by atoms with E-state index < -0.39 is 23.3 Å². The van der Waals surface area contributed by atoms with Gasteiger partial charge in [0.05, 0.1) is 11.7 Å². The highest BCUT2D eigenvalue weighted by Gasteiger charge is 2.28. The molecule has 1 aliphatic rings. The molecule has 30 heavy (non-hydrogen) atoms. The molecule has 0 fully saturated rings. The molecule has 1 N–H and O–H groups in total. The first kappa shape index (κ1) is 24.7. The number of ketones is 1. The number of hydrogen-bond donors (Lipinski definition) is 1. The van der Waals surface area contributed by atoms with E-state index in [1.807, 2.05) is 0 Å². The van der Waals surface area contributed by atoms with Crippen LogP contribution in [0.5, 0.6) is 0 Å². The molecule has 0 radical (unpaired) electrons. The first-order valence-corrected chi connectivity index (χ1v) is 9.24. The molecule has 1 amide bonds. The monoisotopic (exact) mass is 417 g/mol. The zero-order chi connectivity index (χ0) is 22.7. The van der Waals surface area contributed by atoms with Crippen molar-refractivity contribution < 1.29 is 23.1 Å². The number of fused-ring (bicyclic) bond motifs is 1. The molecule has 6 nitrogen and oxygen atoms in total. The number of hydrogen-bond acceptors (Lipinski definition) is 5. The van der Waals surface area contributed by atoms with Crippen LogP contribution in [0.1, 0.15) is 62.3 Å². The fraction of sp³-hybridized carbons (Fsp3) is 0.364. The number of terminal acetylenes is 1. The maximum atomic E-state index is 11.9. The van der Waals surface area contributed by atoms with Crippen molar-refractivity contribution in [2.75, 3.05) is 0 Å². The summed E-state index contributed by atoms with van der Waals surface area (Å²) < 4.78 is 29.1. The van der Waals surface area contributed by atoms with E-state index in [1.54, 1.807) is 20.8 Å². The molecular formula is C22H25F2N3O3. The number of halogens is 2. The molecule has 0 aliphatic heterocycles. The Bertz CT molecular complexity index is 858. The number of rotatable bonds is 1. The number of carbonyl (C=O) groups excluding carboxylic acids is 2. The summed E-state index contributed by atoms with van der Waals surface area (Å²) in [4.78, 5) is 32.1. The van der Waals surface area contributed by atoms with Gasteiger partial charge in [0, 0.05) is 18.8 Å². The van der Waals surface area contributed by atoms with Crippen LogP contribution in [0.15, 0.2) is 36.7 Å². The van der Waals surface area contributed by atoms with Gasteiger partial charge in [0.15, 0.2) is 17.4 Å². The smallest absolute Gasteiger partial charge is 0.408 e. The van der Waals surface area contributed by atoms with Crippen LogP contribution in [0.2, 0.25) is 0 Å². The minimum Gasteiger partial charge on any atom is -0.444 e. The third-order valence-electron chi connectivity index (χ3n) is 3.73. The molecule has 1 heterocycles. The van der Waals surface area contributed by atoms with E-state index in [0.717, 1.165) is 12.1 Å². The van der Waals surface area contributed by atoms with Gasteiger partial charge in [0.1, 0.15) is 11.3 Å². The second kappa shape index (κ2) is 11.6. The van der Waals surface area contributed by atoms with Crippen LogP contribution in [-0.4, -0.2) is 27.4 Å². The molecule has 0 saturated heterocycles. The van der Waals surface area contributed by atoms with Gasteiger partial charge in [0.2, 0.25) is 0 Å². The van der Waals surface area contributed by atoms with E-state index in [0.29, 0.717) is 30.7 Å². The van der Waals surface area contributed by atoms with Gasteiger partial charge in [-0.1, -0.05) is 12.1 Å². The topological polar surface area (TPSA) is 81.2 Å². The molecule has 0 unspecified atom stereocenters. The van der Waals surface area contributed by atoms with Gasteiger partial charge in [-0.15, -0.1) is 12.8 Å². The Kier molecular flexibility index (Phi) is 9.56. The molecule has 160 valence electrons. The summed E-state index contributed by atoms with van der Waals surface area (Å²) in [5.74, 6) is -1.62. The summed E-state index contributed by atoms with van der Waals surface area (Å²) in [6, 6.07) is 4.71. The van der Waals surface area contributed by atoms with Gasteiger partial charge in [-0.2, -0.15) is 0 Å². The number of benzene rings is 1. The van der Waals surface area contributed by atoms with Gasteiger partial charge in [0.25, 0.3) is 0 Å². The minimum atomic E-state index is -0.799. The second-order valence-electron chi connectivity index (χ2n) is 7.22. The van der Waals surface area contributed by atoms with Crippen molar-refractivity contribution in [3.05, 3.63) is 59.7 Å². The Hall–Kier alpha value is -3.34. The average molecular weight is 417 g/mol. The van der Waals surface area contributed by atoms with Gasteiger partial charge in [-0.3, -0.25) is 9.78 Å². The van der Waals surface area contributed by atoms with Gasteiger partial charge >= 0.3 is 6.09 Å². The van der Waals surface area contributed by atoms with Crippen LogP contribution in [-0.2, 0) is 4.74 Å². The minimum absolute atomic E-state index is 0.0263. The first-order valence-electron chi connectivity index (χ1n) is 9.24. The van der Waals surface area contributed by atoms with Crippen molar-refractivity contribution in [3.8, 4) is 12.8 Å². The normalized spacial score (nSPS) is 15.2. The number of Topliss-reactive ketones (excluding diaryl/α,β-unsaturated/α-hetero) is 1. The van der Waals surface area contributed by atoms with E-state index >= 15 is 0 Å². The molecular weight excluding hydrogens is 392 g/mol. The van der Waals surface area contributed by atoms with Gasteiger partial charge in [-0.05, 0) is 45.7 Å². The number of nitrogens with zero attached hydrogens (tertiary/aromatic N) is 2. The molecule has 1 aromatic carbocycles. The van der Waals surface area contributed by atoms with E-state index in [1.165, 1.54) is 24.5 Å². The van der Waals surface area contributed by atoms with Crippen molar-refractivity contribution in [3.63, 3.8) is 0 Å². The maximum Gasteiger partial charge on any atom is 0.408 e. The number of amides is 1. The lowest BCUT2D eigenvalue weighted by Gasteiger charge is -2.23. The van der Waals surface area contributed by atoms with Crippen molar-refractivity contribution >= 4 is 11.9 Å². The van der Waals surface area contributed by atoms with Gasteiger partial charge in [-0.25, -0.2) is 18.6 Å². The molecule has 0 bridgehead atoms. The van der Waals surface area contributed by atoms with E-state index in [9.17, 15) is 18.4 Å². The Morgan fingerprint density at radius 1 is 1.13 bits per heavy atom. The predicted molar refractivity (Wildman–Crippen MR) is 109 cm³/mol. The molecule has 8 heteroatoms. The fourth-order valence-electron chi connectivity index (χ4n) is 2.57. The SMILES string of the molecule is C#C.CC(C)(C)OC(=O)N[C@H]1CCCC(=O)c2nccnc21.Fc1ccccc1F. The average Bonchev–Trinajstić information content (AvgIpc) is 2.84. The summed E-state index contributed by atoms with van der Waals surface area (Å²) in [6.45, 7) is 5.41. The van der Waals surface area contributed by atoms with Crippen molar-refractivity contribution in [1.29, 1.82) is 0 Å². The van der Waals surface area contributed by atoms with Crippen LogP contribution >= 0.6 is 0 Å². The maximum absolute atomic E-state index is 11.9. The number of ether oxygens (including phenoxy) is 1. The highest BCUT2D eigenvalue weighted by atomic mass is 19.2. The quantitative estimate of drug-likeness (QED) is 0.541. The lowest BCUT2D eigenvalue weighted by molar-refractivity contribution is 0.0499. The largest absolute Gasteiger partial charge is 0.444 e. The highest BCUT2D eigenvalue weighted by Crippen LogP contribution is 2.26. The van der Waals surface area contributed by atoms with Crippen LogP contribution in [0.3, 0.4) is 0 Å². The predicted octanol–water partition coefficient (Wildman–Crippen LogP) is 4.62. The van der Waals surface area contributed by atoms with E-state index in [4.69, 9.17) is 4.74 Å². The van der Waals surface area contributed by atoms with Gasteiger partial charge < -0.3 is 10.1 Å². The molecule has 2 aromatic rings. The van der Waals surface area contributed by atoms with Crippen molar-refractivity contribution in [1.82, 2.24) is 15.3 Å². The molecule has 1 atom stereocenters. The Morgan fingerprint density at radius 3 is 2.23 bits per heavy atom. The van der Waals surface area contributed by atoms with Crippen LogP contribution in [0, 0.1) is 24.5 Å². The zero-order valence-electron chi connectivity index (χ0n) is 17.2. The van der Waals surface area contributed by atoms with Crippen molar-refractivity contribution in [2.24, 2.45) is 0 Å². The molecule has 0 saturated carbocycles. The number of carbonyl (C=O) groups is 2. The lowest BCUT2D eigenvalue weighted by atomic mass is 10.1. The van der Waals surface area contributed by atoms with Crippen molar-refractivity contribution in [2.45, 2.75) is 51.7 Å². The number of alkyl carbamates (subject to hydrolysis) is 1. The highest BCUT2D eigenvalue weighted by molar-refractivity contribution is 5.95. The fourth-order valence-corrected chi connectivity index (χ4v) is 2.57. The van der Waals surface area contributed by atoms with Crippen LogP contribution in [0.4, 0.5) is 13.6 Å². The van der Waals surface area contributed by atoms with E-state index in [2.05, 4.69) is 28.1 Å². The molecule has 1 aromatic heterocycles. The first-order chi connectivity index (χ1) is 14.2. The summed E-state index contributed by atoms with van der Waals surface area (Å²) in [6.07, 6.45) is 12.3. The zero-order valence-corrected chi connectivity index (χ0v) is 17.2. The third kappa shape index (κ3) is 7.95. The third-order valence-corrected chi connectivity index (χ3v) is 3.73. The summed E-state index contributed by atoms with van der Waals surface area (Å²) in [7, 11) is 0. The second-order valence-corrected chi connectivity index (χ2v) is 7.22. The Labute approximate surface area is 175 Å². The summed E-state index contributed by atoms with van der Waals surface area (Å²) in [5, 5.41) is 2.78. The Balaban J connectivity index is 0.000000375.